The summed E-state index contributed by atoms with van der Waals surface area (Å²) in [5.74, 6) is 0.798. The Bertz CT molecular complexity index is 1440. The van der Waals surface area contributed by atoms with E-state index in [2.05, 4.69) is 25.6 Å². The molecule has 10 heteroatoms. The summed E-state index contributed by atoms with van der Waals surface area (Å²) in [6.45, 7) is 2.71. The third kappa shape index (κ3) is 4.04. The van der Waals surface area contributed by atoms with Gasteiger partial charge in [-0.1, -0.05) is 54.6 Å². The molecule has 0 aliphatic heterocycles. The normalized spacial score (nSPS) is 11.0. The minimum atomic E-state index is -1.39. The van der Waals surface area contributed by atoms with Gasteiger partial charge in [0.05, 0.1) is 18.7 Å². The predicted octanol–water partition coefficient (Wildman–Crippen LogP) is 4.39. The number of H-pyrrole nitrogens is 1. The Morgan fingerprint density at radius 3 is 2.53 bits per heavy atom. The van der Waals surface area contributed by atoms with Crippen LogP contribution in [0.25, 0.3) is 33.5 Å². The Labute approximate surface area is 193 Å². The molecule has 5 rings (SSSR count). The van der Waals surface area contributed by atoms with E-state index < -0.39 is 6.16 Å². The molecular formula is C24H20N6O4. The number of nitrogens with zero attached hydrogens (tertiary/aromatic N) is 5. The molecule has 170 valence electrons. The predicted molar refractivity (Wildman–Crippen MR) is 124 cm³/mol. The fraction of sp³-hybridized carbons (Fsp3) is 0.125. The molecular weight excluding hydrogens is 436 g/mol. The molecule has 0 aliphatic carbocycles. The molecule has 10 nitrogen and oxygen atoms in total. The second-order valence-electron chi connectivity index (χ2n) is 7.40. The van der Waals surface area contributed by atoms with Crippen LogP contribution in [0.2, 0.25) is 0 Å². The molecule has 3 aromatic carbocycles. The van der Waals surface area contributed by atoms with Crippen molar-refractivity contribution in [1.82, 2.24) is 30.2 Å². The van der Waals surface area contributed by atoms with Crippen molar-refractivity contribution in [1.29, 1.82) is 0 Å². The zero-order valence-electron chi connectivity index (χ0n) is 18.2. The summed E-state index contributed by atoms with van der Waals surface area (Å²) >= 11 is 0. The van der Waals surface area contributed by atoms with Crippen LogP contribution in [-0.4, -0.2) is 48.0 Å². The minimum Gasteiger partial charge on any atom is -0.465 e. The summed E-state index contributed by atoms with van der Waals surface area (Å²) in [7, 11) is 0. The van der Waals surface area contributed by atoms with Gasteiger partial charge in [-0.2, -0.15) is 4.98 Å². The molecule has 2 aromatic heterocycles. The van der Waals surface area contributed by atoms with Crippen LogP contribution in [0.4, 0.5) is 4.79 Å². The Hall–Kier alpha value is -4.73. The van der Waals surface area contributed by atoms with Gasteiger partial charge >= 0.3 is 6.16 Å². The van der Waals surface area contributed by atoms with Gasteiger partial charge in [0.1, 0.15) is 5.52 Å². The molecule has 0 aliphatic rings. The van der Waals surface area contributed by atoms with Crippen molar-refractivity contribution in [2.24, 2.45) is 0 Å². The number of ether oxygens (including phenoxy) is 2. The van der Waals surface area contributed by atoms with Crippen LogP contribution in [0.3, 0.4) is 0 Å². The standard InChI is InChI=1S/C24H20N6O4/c1-2-33-23-25-19-8-5-9-20(34-24(31)32)21(19)30(23)14-15-10-12-16(13-11-15)17-6-3-4-7-18(17)22-26-28-29-27-22/h3-13H,2,14H2,1H3,(H,31,32)(H,26,27,28,29). The van der Waals surface area contributed by atoms with Crippen molar-refractivity contribution >= 4 is 17.2 Å². The van der Waals surface area contributed by atoms with E-state index >= 15 is 0 Å². The van der Waals surface area contributed by atoms with Crippen molar-refractivity contribution in [2.45, 2.75) is 13.5 Å². The first-order valence-corrected chi connectivity index (χ1v) is 10.6. The molecule has 0 atom stereocenters. The zero-order valence-corrected chi connectivity index (χ0v) is 18.2. The summed E-state index contributed by atoms with van der Waals surface area (Å²) in [6.07, 6.45) is -1.39. The molecule has 5 aromatic rings. The van der Waals surface area contributed by atoms with Crippen molar-refractivity contribution in [3.63, 3.8) is 0 Å². The Morgan fingerprint density at radius 2 is 1.82 bits per heavy atom. The topological polar surface area (TPSA) is 128 Å². The first kappa shape index (κ1) is 21.1. The van der Waals surface area contributed by atoms with E-state index in [1.807, 2.05) is 60.0 Å². The maximum Gasteiger partial charge on any atom is 0.511 e. The average molecular weight is 456 g/mol. The summed E-state index contributed by atoms with van der Waals surface area (Å²) in [5, 5.41) is 23.3. The molecule has 0 bridgehead atoms. The highest BCUT2D eigenvalue weighted by Crippen LogP contribution is 2.32. The summed E-state index contributed by atoms with van der Waals surface area (Å²) in [4.78, 5) is 15.7. The van der Waals surface area contributed by atoms with Gasteiger partial charge < -0.3 is 14.6 Å². The lowest BCUT2D eigenvalue weighted by molar-refractivity contribution is 0.145. The van der Waals surface area contributed by atoms with Crippen LogP contribution in [-0.2, 0) is 6.54 Å². The molecule has 34 heavy (non-hydrogen) atoms. The third-order valence-electron chi connectivity index (χ3n) is 5.30. The molecule has 0 saturated heterocycles. The first-order valence-electron chi connectivity index (χ1n) is 10.6. The molecule has 2 heterocycles. The van der Waals surface area contributed by atoms with Crippen LogP contribution in [0, 0.1) is 0 Å². The number of benzene rings is 3. The van der Waals surface area contributed by atoms with Crippen LogP contribution in [0.1, 0.15) is 12.5 Å². The van der Waals surface area contributed by atoms with Gasteiger partial charge in [-0.25, -0.2) is 9.89 Å². The SMILES string of the molecule is CCOc1nc2cccc(OC(=O)O)c2n1Cc1ccc(-c2ccccc2-c2nnn[nH]2)cc1. The zero-order chi connectivity index (χ0) is 23.5. The number of tetrazole rings is 1. The number of fused-ring (bicyclic) bond motifs is 1. The molecule has 0 fully saturated rings. The maximum absolute atomic E-state index is 11.2. The van der Waals surface area contributed by atoms with Gasteiger partial charge in [-0.15, -0.1) is 5.10 Å². The highest BCUT2D eigenvalue weighted by Gasteiger charge is 2.18. The second kappa shape index (κ2) is 9.02. The smallest absolute Gasteiger partial charge is 0.465 e. The number of hydrogen-bond donors (Lipinski definition) is 2. The van der Waals surface area contributed by atoms with Crippen molar-refractivity contribution in [3.8, 4) is 34.3 Å². The first-order chi connectivity index (χ1) is 16.6. The number of rotatable bonds is 7. The van der Waals surface area contributed by atoms with E-state index in [0.29, 0.717) is 36.0 Å². The largest absolute Gasteiger partial charge is 0.511 e. The highest BCUT2D eigenvalue weighted by atomic mass is 16.7. The van der Waals surface area contributed by atoms with Gasteiger partial charge in [0, 0.05) is 5.56 Å². The fourth-order valence-electron chi connectivity index (χ4n) is 3.88. The Balaban J connectivity index is 1.51. The van der Waals surface area contributed by atoms with Crippen LogP contribution >= 0.6 is 0 Å². The Morgan fingerprint density at radius 1 is 1.03 bits per heavy atom. The molecule has 0 saturated carbocycles. The number of carboxylic acid groups (broad SMARTS) is 1. The number of hydrogen-bond acceptors (Lipinski definition) is 7. The van der Waals surface area contributed by atoms with Crippen LogP contribution in [0.15, 0.2) is 66.7 Å². The number of nitrogens with one attached hydrogen (secondary N) is 1. The van der Waals surface area contributed by atoms with Gasteiger partial charge in [0.15, 0.2) is 11.6 Å². The summed E-state index contributed by atoms with van der Waals surface area (Å²) in [6, 6.07) is 21.4. The number of aromatic nitrogens is 6. The summed E-state index contributed by atoms with van der Waals surface area (Å²) < 4.78 is 12.6. The minimum absolute atomic E-state index is 0.203. The second-order valence-corrected chi connectivity index (χ2v) is 7.40. The number of para-hydroxylation sites is 1. The van der Waals surface area contributed by atoms with E-state index in [0.717, 1.165) is 22.3 Å². The van der Waals surface area contributed by atoms with Crippen LogP contribution < -0.4 is 9.47 Å². The van der Waals surface area contributed by atoms with Crippen molar-refractivity contribution < 1.29 is 19.4 Å². The Kier molecular flexibility index (Phi) is 5.61. The van der Waals surface area contributed by atoms with Crippen LogP contribution in [0.5, 0.6) is 11.8 Å². The van der Waals surface area contributed by atoms with Gasteiger partial charge in [-0.05, 0) is 46.2 Å². The van der Waals surface area contributed by atoms with E-state index in [1.165, 1.54) is 0 Å². The third-order valence-corrected chi connectivity index (χ3v) is 5.30. The lowest BCUT2D eigenvalue weighted by Gasteiger charge is -2.12. The van der Waals surface area contributed by atoms with Crippen molar-refractivity contribution in [2.75, 3.05) is 6.61 Å². The molecule has 0 amide bonds. The van der Waals surface area contributed by atoms with Gasteiger partial charge in [0.2, 0.25) is 0 Å². The van der Waals surface area contributed by atoms with Gasteiger partial charge in [-0.3, -0.25) is 4.57 Å². The summed E-state index contributed by atoms with van der Waals surface area (Å²) in [5.41, 5.74) is 5.02. The fourth-order valence-corrected chi connectivity index (χ4v) is 3.88. The monoisotopic (exact) mass is 456 g/mol. The molecule has 0 spiro atoms. The molecule has 0 radical (unpaired) electrons. The lowest BCUT2D eigenvalue weighted by atomic mass is 9.98. The van der Waals surface area contributed by atoms with E-state index in [1.54, 1.807) is 18.2 Å². The number of aromatic amines is 1. The maximum atomic E-state index is 11.2. The molecule has 2 N–H and O–H groups in total. The van der Waals surface area contributed by atoms with Crippen molar-refractivity contribution in [3.05, 3.63) is 72.3 Å². The lowest BCUT2D eigenvalue weighted by Crippen LogP contribution is -2.08. The van der Waals surface area contributed by atoms with E-state index in [9.17, 15) is 4.79 Å². The highest BCUT2D eigenvalue weighted by molar-refractivity contribution is 5.85. The number of carbonyl (C=O) groups is 1. The van der Waals surface area contributed by atoms with E-state index in [4.69, 9.17) is 14.6 Å². The molecule has 0 unspecified atom stereocenters. The number of imidazole rings is 1. The van der Waals surface area contributed by atoms with E-state index in [-0.39, 0.29) is 5.75 Å². The van der Waals surface area contributed by atoms with Gasteiger partial charge in [0.25, 0.3) is 6.01 Å². The average Bonchev–Trinajstić information content (AvgIpc) is 3.49. The quantitative estimate of drug-likeness (QED) is 0.273.